The first-order valence-electron chi connectivity index (χ1n) is 12.5. The Balaban J connectivity index is 1.26. The van der Waals surface area contributed by atoms with Gasteiger partial charge in [-0.15, -0.1) is 0 Å². The summed E-state index contributed by atoms with van der Waals surface area (Å²) < 4.78 is 6.01. The van der Waals surface area contributed by atoms with Gasteiger partial charge >= 0.3 is 6.03 Å². The van der Waals surface area contributed by atoms with E-state index in [1.165, 1.54) is 0 Å². The zero-order valence-corrected chi connectivity index (χ0v) is 21.2. The Labute approximate surface area is 215 Å². The molecule has 2 fully saturated rings. The van der Waals surface area contributed by atoms with Crippen molar-refractivity contribution in [2.45, 2.75) is 39.0 Å². The molecule has 9 heteroatoms. The van der Waals surface area contributed by atoms with Gasteiger partial charge in [0.25, 0.3) is 11.8 Å². The number of carbonyl (C=O) groups excluding carboxylic acids is 3. The molecule has 0 bridgehead atoms. The molecule has 0 saturated carbocycles. The molecule has 2 aromatic carbocycles. The first-order valence-corrected chi connectivity index (χ1v) is 12.5. The number of nitrogens with zero attached hydrogens (tertiary/aromatic N) is 2. The fourth-order valence-corrected chi connectivity index (χ4v) is 5.25. The number of aromatic nitrogens is 1. The topological polar surface area (TPSA) is 113 Å². The van der Waals surface area contributed by atoms with Gasteiger partial charge in [-0.3, -0.25) is 24.8 Å². The second kappa shape index (κ2) is 9.82. The van der Waals surface area contributed by atoms with E-state index in [1.54, 1.807) is 24.3 Å². The molecule has 2 atom stereocenters. The Morgan fingerprint density at radius 3 is 2.65 bits per heavy atom. The molecule has 37 heavy (non-hydrogen) atoms. The molecule has 2 aliphatic heterocycles. The molecule has 0 aliphatic carbocycles. The van der Waals surface area contributed by atoms with Crippen molar-refractivity contribution in [3.63, 3.8) is 0 Å². The number of imide groups is 1. The Hall–Kier alpha value is -3.98. The summed E-state index contributed by atoms with van der Waals surface area (Å²) in [5, 5.41) is 9.12. The number of pyridine rings is 1. The number of fused-ring (bicyclic) bond motifs is 1. The summed E-state index contributed by atoms with van der Waals surface area (Å²) in [5.41, 5.74) is 2.17. The number of rotatable bonds is 7. The number of benzene rings is 2. The Morgan fingerprint density at radius 2 is 1.95 bits per heavy atom. The summed E-state index contributed by atoms with van der Waals surface area (Å²) in [6, 6.07) is 15.8. The summed E-state index contributed by atoms with van der Waals surface area (Å²) in [7, 11) is 0. The lowest BCUT2D eigenvalue weighted by Gasteiger charge is -2.27. The van der Waals surface area contributed by atoms with Crippen molar-refractivity contribution in [2.75, 3.05) is 19.6 Å². The molecule has 3 N–H and O–H groups in total. The molecule has 0 radical (unpaired) electrons. The molecule has 1 spiro atoms. The number of carbonyl (C=O) groups is 3. The van der Waals surface area contributed by atoms with Crippen molar-refractivity contribution in [1.29, 1.82) is 0 Å². The highest BCUT2D eigenvalue weighted by Gasteiger charge is 2.57. The first-order chi connectivity index (χ1) is 17.7. The van der Waals surface area contributed by atoms with Crippen LogP contribution in [-0.2, 0) is 11.4 Å². The van der Waals surface area contributed by atoms with E-state index < -0.39 is 23.5 Å². The smallest absolute Gasteiger partial charge is 0.322 e. The molecule has 3 heterocycles. The molecule has 5 rings (SSSR count). The van der Waals surface area contributed by atoms with Crippen LogP contribution in [-0.4, -0.2) is 58.9 Å². The monoisotopic (exact) mass is 501 g/mol. The fourth-order valence-electron chi connectivity index (χ4n) is 5.25. The quantitative estimate of drug-likeness (QED) is 0.429. The molecule has 2 aliphatic rings. The highest BCUT2D eigenvalue weighted by Crippen LogP contribution is 2.27. The lowest BCUT2D eigenvalue weighted by Crippen LogP contribution is -2.62. The third-order valence-electron chi connectivity index (χ3n) is 6.85. The number of amides is 4. The number of hydrogen-bond donors (Lipinski definition) is 3. The van der Waals surface area contributed by atoms with Crippen LogP contribution in [0, 0.1) is 12.8 Å². The molecular weight excluding hydrogens is 470 g/mol. The van der Waals surface area contributed by atoms with Crippen LogP contribution in [0.25, 0.3) is 10.9 Å². The van der Waals surface area contributed by atoms with Gasteiger partial charge in [0, 0.05) is 41.8 Å². The van der Waals surface area contributed by atoms with Crippen molar-refractivity contribution in [3.8, 4) is 5.75 Å². The predicted octanol–water partition coefficient (Wildman–Crippen LogP) is 2.77. The summed E-state index contributed by atoms with van der Waals surface area (Å²) in [4.78, 5) is 44.4. The van der Waals surface area contributed by atoms with Gasteiger partial charge in [-0.1, -0.05) is 32.0 Å². The van der Waals surface area contributed by atoms with Crippen LogP contribution in [0.15, 0.2) is 54.6 Å². The van der Waals surface area contributed by atoms with Crippen LogP contribution >= 0.6 is 0 Å². The standard InChI is InChI=1S/C28H31N5O4/c1-17(2)13-33-14-24(28(16-33)26(35)31-27(36)32-28)30-25(34)19-8-10-21(11-9-19)37-15-20-12-18(3)29-23-7-5-4-6-22(20)23/h4-12,17,24H,13-16H2,1-3H3,(H,30,34)(H2,31,32,35,36). The van der Waals surface area contributed by atoms with Crippen molar-refractivity contribution in [2.24, 2.45) is 5.92 Å². The summed E-state index contributed by atoms with van der Waals surface area (Å²) in [5.74, 6) is 0.301. The minimum absolute atomic E-state index is 0.313. The maximum Gasteiger partial charge on any atom is 0.322 e. The lowest BCUT2D eigenvalue weighted by atomic mass is 9.93. The van der Waals surface area contributed by atoms with Crippen molar-refractivity contribution in [1.82, 2.24) is 25.8 Å². The number of hydrogen-bond acceptors (Lipinski definition) is 6. The number of urea groups is 1. The molecule has 192 valence electrons. The first kappa shape index (κ1) is 24.7. The van der Waals surface area contributed by atoms with Gasteiger partial charge in [0.15, 0.2) is 5.54 Å². The van der Waals surface area contributed by atoms with E-state index in [0.717, 1.165) is 28.7 Å². The fraction of sp³-hybridized carbons (Fsp3) is 0.357. The minimum Gasteiger partial charge on any atom is -0.489 e. The molecule has 1 aromatic heterocycles. The molecule has 3 aromatic rings. The van der Waals surface area contributed by atoms with Crippen LogP contribution in [0.2, 0.25) is 0 Å². The number of nitrogens with one attached hydrogen (secondary N) is 3. The van der Waals surface area contributed by atoms with Crippen LogP contribution in [0.4, 0.5) is 4.79 Å². The van der Waals surface area contributed by atoms with E-state index in [0.29, 0.717) is 36.9 Å². The average molecular weight is 502 g/mol. The SMILES string of the molecule is Cc1cc(COc2ccc(C(=O)NC3CN(CC(C)C)CC34NC(=O)NC4=O)cc2)c2ccccc2n1. The maximum absolute atomic E-state index is 13.1. The van der Waals surface area contributed by atoms with Gasteiger partial charge in [-0.25, -0.2) is 4.79 Å². The van der Waals surface area contributed by atoms with E-state index in [1.807, 2.05) is 37.3 Å². The third-order valence-corrected chi connectivity index (χ3v) is 6.85. The van der Waals surface area contributed by atoms with Crippen LogP contribution < -0.4 is 20.7 Å². The maximum atomic E-state index is 13.1. The molecular formula is C28H31N5O4. The Morgan fingerprint density at radius 1 is 1.19 bits per heavy atom. The second-order valence-corrected chi connectivity index (χ2v) is 10.2. The molecule has 9 nitrogen and oxygen atoms in total. The highest BCUT2D eigenvalue weighted by atomic mass is 16.5. The van der Waals surface area contributed by atoms with Gasteiger partial charge in [-0.2, -0.15) is 0 Å². The Bertz CT molecular complexity index is 1360. The number of ether oxygens (including phenoxy) is 1. The minimum atomic E-state index is -1.17. The third kappa shape index (κ3) is 4.99. The number of aryl methyl sites for hydroxylation is 1. The predicted molar refractivity (Wildman–Crippen MR) is 139 cm³/mol. The van der Waals surface area contributed by atoms with E-state index in [2.05, 4.69) is 39.7 Å². The average Bonchev–Trinajstić information content (AvgIpc) is 3.33. The number of para-hydroxylation sites is 1. The summed E-state index contributed by atoms with van der Waals surface area (Å²) in [6.07, 6.45) is 0. The van der Waals surface area contributed by atoms with E-state index in [4.69, 9.17) is 4.74 Å². The van der Waals surface area contributed by atoms with Crippen molar-refractivity contribution in [3.05, 3.63) is 71.4 Å². The zero-order chi connectivity index (χ0) is 26.2. The van der Waals surface area contributed by atoms with Crippen LogP contribution in [0.3, 0.4) is 0 Å². The zero-order valence-electron chi connectivity index (χ0n) is 21.2. The van der Waals surface area contributed by atoms with Crippen molar-refractivity contribution < 1.29 is 19.1 Å². The van der Waals surface area contributed by atoms with Crippen LogP contribution in [0.5, 0.6) is 5.75 Å². The van der Waals surface area contributed by atoms with E-state index in [-0.39, 0.29) is 5.91 Å². The molecule has 2 saturated heterocycles. The highest BCUT2D eigenvalue weighted by molar-refractivity contribution is 6.08. The Kier molecular flexibility index (Phi) is 6.55. The number of likely N-dealkylation sites (tertiary alicyclic amines) is 1. The molecule has 4 amide bonds. The lowest BCUT2D eigenvalue weighted by molar-refractivity contribution is -0.124. The molecule has 2 unspecified atom stereocenters. The van der Waals surface area contributed by atoms with Crippen LogP contribution in [0.1, 0.15) is 35.5 Å². The second-order valence-electron chi connectivity index (χ2n) is 10.2. The van der Waals surface area contributed by atoms with Gasteiger partial charge < -0.3 is 15.4 Å². The van der Waals surface area contributed by atoms with E-state index >= 15 is 0 Å². The van der Waals surface area contributed by atoms with Crippen molar-refractivity contribution >= 4 is 28.7 Å². The van der Waals surface area contributed by atoms with Gasteiger partial charge in [0.05, 0.1) is 11.6 Å². The largest absolute Gasteiger partial charge is 0.489 e. The van der Waals surface area contributed by atoms with Gasteiger partial charge in [0.2, 0.25) is 0 Å². The summed E-state index contributed by atoms with van der Waals surface area (Å²) in [6.45, 7) is 8.10. The van der Waals surface area contributed by atoms with Gasteiger partial charge in [0.1, 0.15) is 12.4 Å². The van der Waals surface area contributed by atoms with Gasteiger partial charge in [-0.05, 0) is 49.2 Å². The normalized spacial score (nSPS) is 21.5. The summed E-state index contributed by atoms with van der Waals surface area (Å²) >= 11 is 0. The van der Waals surface area contributed by atoms with E-state index in [9.17, 15) is 14.4 Å².